The van der Waals surface area contributed by atoms with E-state index < -0.39 is 0 Å². The monoisotopic (exact) mass is 397 g/mol. The second-order valence-electron chi connectivity index (χ2n) is 8.91. The van der Waals surface area contributed by atoms with Gasteiger partial charge in [0.05, 0.1) is 11.6 Å². The van der Waals surface area contributed by atoms with Gasteiger partial charge in [-0.15, -0.1) is 0 Å². The number of hydrogen-bond donors (Lipinski definition) is 2. The van der Waals surface area contributed by atoms with Gasteiger partial charge in [-0.2, -0.15) is 0 Å². The van der Waals surface area contributed by atoms with Gasteiger partial charge in [0.2, 0.25) is 5.91 Å². The fourth-order valence-electron chi connectivity index (χ4n) is 5.53. The number of fused-ring (bicyclic) bond motifs is 2. The number of rotatable bonds is 5. The highest BCUT2D eigenvalue weighted by molar-refractivity contribution is 5.84. The third-order valence-corrected chi connectivity index (χ3v) is 7.10. The van der Waals surface area contributed by atoms with Crippen LogP contribution in [-0.2, 0) is 4.79 Å². The van der Waals surface area contributed by atoms with Gasteiger partial charge in [0.1, 0.15) is 11.6 Å². The zero-order chi connectivity index (χ0) is 20.0. The second kappa shape index (κ2) is 7.56. The summed E-state index contributed by atoms with van der Waals surface area (Å²) in [5.41, 5.74) is 0.744. The smallest absolute Gasteiger partial charge is 0.223 e. The van der Waals surface area contributed by atoms with Crippen molar-refractivity contribution >= 4 is 16.8 Å². The zero-order valence-corrected chi connectivity index (χ0v) is 16.7. The quantitative estimate of drug-likeness (QED) is 0.813. The number of amides is 1. The molecule has 3 fully saturated rings. The summed E-state index contributed by atoms with van der Waals surface area (Å²) in [6.45, 7) is 4.05. The second-order valence-corrected chi connectivity index (χ2v) is 8.91. The van der Waals surface area contributed by atoms with E-state index in [2.05, 4.69) is 22.5 Å². The molecule has 2 saturated carbocycles. The molecule has 2 N–H and O–H groups in total. The number of carbonyl (C=O) groups is 1. The van der Waals surface area contributed by atoms with Crippen molar-refractivity contribution in [2.24, 2.45) is 23.7 Å². The van der Waals surface area contributed by atoms with Gasteiger partial charge < -0.3 is 15.4 Å². The maximum absolute atomic E-state index is 13.7. The average molecular weight is 397 g/mol. The first kappa shape index (κ1) is 18.8. The summed E-state index contributed by atoms with van der Waals surface area (Å²) >= 11 is 0. The molecule has 154 valence electrons. The van der Waals surface area contributed by atoms with E-state index in [1.54, 1.807) is 12.3 Å². The summed E-state index contributed by atoms with van der Waals surface area (Å²) in [6.07, 6.45) is 5.83. The van der Waals surface area contributed by atoms with Gasteiger partial charge in [-0.25, -0.2) is 4.39 Å². The lowest BCUT2D eigenvalue weighted by atomic mass is 9.96. The molecule has 1 aromatic carbocycles. The van der Waals surface area contributed by atoms with E-state index >= 15 is 0 Å². The van der Waals surface area contributed by atoms with E-state index in [9.17, 15) is 9.18 Å². The molecule has 0 spiro atoms. The Morgan fingerprint density at radius 1 is 1.24 bits per heavy atom. The molecule has 2 aliphatic carbocycles. The van der Waals surface area contributed by atoms with Gasteiger partial charge in [-0.1, -0.05) is 6.92 Å². The topological polar surface area (TPSA) is 63.2 Å². The first-order chi connectivity index (χ1) is 14.1. The summed E-state index contributed by atoms with van der Waals surface area (Å²) in [7, 11) is 0. The van der Waals surface area contributed by atoms with Crippen LogP contribution in [0.4, 0.5) is 4.39 Å². The van der Waals surface area contributed by atoms with Crippen molar-refractivity contribution in [3.63, 3.8) is 0 Å². The van der Waals surface area contributed by atoms with Crippen LogP contribution >= 0.6 is 0 Å². The van der Waals surface area contributed by atoms with E-state index in [1.807, 2.05) is 6.07 Å². The summed E-state index contributed by atoms with van der Waals surface area (Å²) < 4.78 is 19.9. The van der Waals surface area contributed by atoms with Crippen LogP contribution in [0.25, 0.3) is 10.9 Å². The Labute approximate surface area is 170 Å². The largest absolute Gasteiger partial charge is 0.490 e. The van der Waals surface area contributed by atoms with Gasteiger partial charge in [0, 0.05) is 23.5 Å². The minimum Gasteiger partial charge on any atom is -0.490 e. The van der Waals surface area contributed by atoms with Crippen LogP contribution in [0.3, 0.4) is 0 Å². The normalized spacial score (nSPS) is 30.0. The number of hydrogen-bond acceptors (Lipinski definition) is 4. The summed E-state index contributed by atoms with van der Waals surface area (Å²) in [4.78, 5) is 17.0. The highest BCUT2D eigenvalue weighted by atomic mass is 19.1. The van der Waals surface area contributed by atoms with E-state index in [1.165, 1.54) is 12.1 Å². The third-order valence-electron chi connectivity index (χ3n) is 7.10. The van der Waals surface area contributed by atoms with E-state index in [0.717, 1.165) is 49.7 Å². The minimum absolute atomic E-state index is 0.0664. The van der Waals surface area contributed by atoms with Crippen molar-refractivity contribution in [3.05, 3.63) is 36.3 Å². The Balaban J connectivity index is 1.17. The Morgan fingerprint density at radius 3 is 2.76 bits per heavy atom. The number of nitrogens with one attached hydrogen (secondary N) is 2. The van der Waals surface area contributed by atoms with Crippen molar-refractivity contribution in [1.82, 2.24) is 15.6 Å². The van der Waals surface area contributed by atoms with Gasteiger partial charge in [-0.3, -0.25) is 9.78 Å². The predicted octanol–water partition coefficient (Wildman–Crippen LogP) is 3.28. The number of carbonyl (C=O) groups excluding carboxylic acids is 1. The summed E-state index contributed by atoms with van der Waals surface area (Å²) in [6, 6.07) is 6.73. The first-order valence-electron chi connectivity index (χ1n) is 10.8. The van der Waals surface area contributed by atoms with E-state index in [4.69, 9.17) is 4.74 Å². The van der Waals surface area contributed by atoms with Crippen LogP contribution in [0.15, 0.2) is 30.5 Å². The molecule has 5 nitrogen and oxygen atoms in total. The standard InChI is InChI=1S/C23H28FN3O2/c1-13(23(28)27-15-4-7-25-8-5-15)22-17-11-16(12-18(17)22)29-21-6-9-26-20-3-2-14(24)10-19(20)21/h2-3,6,9-10,13,15-18,22,25H,4-5,7-8,11-12H2,1H3,(H,27,28). The zero-order valence-electron chi connectivity index (χ0n) is 16.7. The highest BCUT2D eigenvalue weighted by Gasteiger charge is 2.59. The molecule has 0 radical (unpaired) electrons. The number of nitrogens with zero attached hydrogens (tertiary/aromatic N) is 1. The van der Waals surface area contributed by atoms with Crippen molar-refractivity contribution in [2.75, 3.05) is 13.1 Å². The van der Waals surface area contributed by atoms with Gasteiger partial charge in [0.25, 0.3) is 0 Å². The molecule has 29 heavy (non-hydrogen) atoms. The van der Waals surface area contributed by atoms with Crippen molar-refractivity contribution < 1.29 is 13.9 Å². The molecule has 1 aliphatic heterocycles. The molecule has 3 atom stereocenters. The van der Waals surface area contributed by atoms with Gasteiger partial charge in [0.15, 0.2) is 0 Å². The Hall–Kier alpha value is -2.21. The molecule has 2 heterocycles. The number of halogens is 1. The van der Waals surface area contributed by atoms with Gasteiger partial charge in [-0.05, 0) is 80.8 Å². The molecule has 3 aliphatic rings. The number of pyridine rings is 1. The predicted molar refractivity (Wildman–Crippen MR) is 109 cm³/mol. The van der Waals surface area contributed by atoms with Crippen molar-refractivity contribution in [3.8, 4) is 5.75 Å². The SMILES string of the molecule is CC(C(=O)NC1CCNCC1)C1C2CC(Oc3ccnc4ccc(F)cc34)CC21. The molecule has 5 rings (SSSR count). The molecule has 1 saturated heterocycles. The Morgan fingerprint density at radius 2 is 2.00 bits per heavy atom. The average Bonchev–Trinajstić information content (AvgIpc) is 3.23. The fourth-order valence-corrected chi connectivity index (χ4v) is 5.53. The molecule has 1 aromatic heterocycles. The minimum atomic E-state index is -0.279. The number of benzene rings is 1. The Bertz CT molecular complexity index is 902. The van der Waals surface area contributed by atoms with Crippen LogP contribution in [0.1, 0.15) is 32.6 Å². The fraction of sp³-hybridized carbons (Fsp3) is 0.565. The molecule has 3 unspecified atom stereocenters. The van der Waals surface area contributed by atoms with Crippen molar-refractivity contribution in [1.29, 1.82) is 0 Å². The van der Waals surface area contributed by atoms with Crippen LogP contribution in [0.2, 0.25) is 0 Å². The maximum Gasteiger partial charge on any atom is 0.223 e. The molecular formula is C23H28FN3O2. The Kier molecular flexibility index (Phi) is 4.90. The third kappa shape index (κ3) is 3.70. The summed E-state index contributed by atoms with van der Waals surface area (Å²) in [5.74, 6) is 2.31. The lowest BCUT2D eigenvalue weighted by Crippen LogP contribution is -2.45. The van der Waals surface area contributed by atoms with Crippen LogP contribution in [-0.4, -0.2) is 36.1 Å². The van der Waals surface area contributed by atoms with Crippen LogP contribution in [0.5, 0.6) is 5.75 Å². The number of ether oxygens (including phenoxy) is 1. The molecular weight excluding hydrogens is 369 g/mol. The maximum atomic E-state index is 13.7. The highest BCUT2D eigenvalue weighted by Crippen LogP contribution is 2.61. The molecule has 1 amide bonds. The first-order valence-corrected chi connectivity index (χ1v) is 10.8. The number of piperidine rings is 1. The summed E-state index contributed by atoms with van der Waals surface area (Å²) in [5, 5.41) is 7.31. The lowest BCUT2D eigenvalue weighted by molar-refractivity contribution is -0.126. The van der Waals surface area contributed by atoms with E-state index in [0.29, 0.717) is 29.5 Å². The van der Waals surface area contributed by atoms with Crippen LogP contribution < -0.4 is 15.4 Å². The van der Waals surface area contributed by atoms with Crippen LogP contribution in [0, 0.1) is 29.5 Å². The molecule has 6 heteroatoms. The molecule has 0 bridgehead atoms. The molecule has 2 aromatic rings. The van der Waals surface area contributed by atoms with Gasteiger partial charge >= 0.3 is 0 Å². The van der Waals surface area contributed by atoms with Crippen molar-refractivity contribution in [2.45, 2.75) is 44.8 Å². The lowest BCUT2D eigenvalue weighted by Gasteiger charge is -2.26. The number of aromatic nitrogens is 1. The van der Waals surface area contributed by atoms with E-state index in [-0.39, 0.29) is 23.7 Å².